The molecule has 2 bridgehead atoms. The Balaban J connectivity index is 1.16. The zero-order valence-corrected chi connectivity index (χ0v) is 21.0. The highest BCUT2D eigenvalue weighted by atomic mass is 16.6. The van der Waals surface area contributed by atoms with E-state index in [0.29, 0.717) is 31.7 Å². The lowest BCUT2D eigenvalue weighted by Gasteiger charge is -2.42. The molecule has 1 aromatic carbocycles. The van der Waals surface area contributed by atoms with Gasteiger partial charge in [0, 0.05) is 50.3 Å². The van der Waals surface area contributed by atoms with Crippen LogP contribution in [0, 0.1) is 16.0 Å². The molecule has 0 saturated carbocycles. The number of urea groups is 1. The quantitative estimate of drug-likeness (QED) is 0.315. The van der Waals surface area contributed by atoms with Crippen molar-refractivity contribution in [1.82, 2.24) is 19.7 Å². The first kappa shape index (κ1) is 25.4. The highest BCUT2D eigenvalue weighted by molar-refractivity contribution is 6.04. The van der Waals surface area contributed by atoms with Gasteiger partial charge in [0.2, 0.25) is 5.91 Å². The fraction of sp³-hybridized carbons (Fsp3) is 0.462. The van der Waals surface area contributed by atoms with Crippen molar-refractivity contribution in [3.63, 3.8) is 0 Å². The van der Waals surface area contributed by atoms with Gasteiger partial charge in [-0.1, -0.05) is 12.1 Å². The van der Waals surface area contributed by atoms with Crippen LogP contribution in [0.15, 0.2) is 41.2 Å². The molecule has 0 aliphatic carbocycles. The summed E-state index contributed by atoms with van der Waals surface area (Å²) in [4.78, 5) is 64.3. The molecule has 1 aromatic heterocycles. The summed E-state index contributed by atoms with van der Waals surface area (Å²) in [5.74, 6) is 0.221. The molecule has 0 spiro atoms. The average Bonchev–Trinajstić information content (AvgIpc) is 3.18. The number of nitrogens with zero attached hydrogens (tertiary/aromatic N) is 4. The molecule has 4 heterocycles. The number of carbonyl (C=O) groups is 3. The topological polar surface area (TPSA) is 144 Å². The van der Waals surface area contributed by atoms with E-state index in [-0.39, 0.29) is 43.0 Å². The molecule has 3 aliphatic heterocycles. The minimum atomic E-state index is -0.744. The number of imide groups is 1. The number of ether oxygens (including phenoxy) is 1. The Morgan fingerprint density at radius 2 is 1.87 bits per heavy atom. The van der Waals surface area contributed by atoms with E-state index in [2.05, 4.69) is 5.32 Å². The number of amides is 4. The molecule has 0 radical (unpaired) electrons. The van der Waals surface area contributed by atoms with Gasteiger partial charge in [-0.15, -0.1) is 0 Å². The third-order valence-corrected chi connectivity index (χ3v) is 7.67. The molecule has 5 rings (SSSR count). The first-order valence-electron chi connectivity index (χ1n) is 12.7. The number of methoxy groups -OCH3 is 1. The summed E-state index contributed by atoms with van der Waals surface area (Å²) in [7, 11) is 1.58. The summed E-state index contributed by atoms with van der Waals surface area (Å²) in [6.45, 7) is 1.43. The molecule has 38 heavy (non-hydrogen) atoms. The van der Waals surface area contributed by atoms with Gasteiger partial charge >= 0.3 is 17.3 Å². The molecule has 200 valence electrons. The van der Waals surface area contributed by atoms with Gasteiger partial charge in [0.25, 0.3) is 5.91 Å². The number of nitro groups is 1. The molecule has 4 amide bonds. The van der Waals surface area contributed by atoms with Gasteiger partial charge in [-0.25, -0.2) is 4.79 Å². The second-order valence-electron chi connectivity index (χ2n) is 10.0. The highest BCUT2D eigenvalue weighted by Crippen LogP contribution is 2.36. The molecule has 3 aliphatic rings. The maximum atomic E-state index is 13.1. The second-order valence-corrected chi connectivity index (χ2v) is 10.0. The van der Waals surface area contributed by atoms with E-state index < -0.39 is 28.2 Å². The van der Waals surface area contributed by atoms with Crippen LogP contribution in [-0.2, 0) is 22.6 Å². The number of hydrogen-bond donors (Lipinski definition) is 1. The van der Waals surface area contributed by atoms with Crippen LogP contribution in [0.25, 0.3) is 0 Å². The standard InChI is InChI=1S/C26H29N5O7/c1-38-19-4-2-16(3-5-19)10-11-29-24(33)20(27-26(29)35)6-9-23(32)28-13-17-12-18(15-28)21-7-8-22(31(36)37)25(34)30(21)14-17/h2-5,7-8,17-18,20H,6,9-15H2,1H3,(H,27,35). The Morgan fingerprint density at radius 3 is 2.58 bits per heavy atom. The fourth-order valence-corrected chi connectivity index (χ4v) is 5.72. The number of pyridine rings is 1. The first-order chi connectivity index (χ1) is 18.2. The van der Waals surface area contributed by atoms with Gasteiger partial charge in [0.1, 0.15) is 11.8 Å². The van der Waals surface area contributed by atoms with Crippen LogP contribution in [0.1, 0.15) is 36.4 Å². The maximum Gasteiger partial charge on any atom is 0.334 e. The lowest BCUT2D eigenvalue weighted by atomic mass is 9.83. The van der Waals surface area contributed by atoms with Crippen molar-refractivity contribution in [1.29, 1.82) is 0 Å². The molecule has 3 atom stereocenters. The molecule has 3 unspecified atom stereocenters. The van der Waals surface area contributed by atoms with Crippen LogP contribution in [0.3, 0.4) is 0 Å². The van der Waals surface area contributed by atoms with Gasteiger partial charge in [-0.3, -0.25) is 29.4 Å². The number of fused-ring (bicyclic) bond motifs is 4. The smallest absolute Gasteiger partial charge is 0.334 e. The predicted molar refractivity (Wildman–Crippen MR) is 135 cm³/mol. The third-order valence-electron chi connectivity index (χ3n) is 7.67. The van der Waals surface area contributed by atoms with Crippen LogP contribution < -0.4 is 15.6 Å². The van der Waals surface area contributed by atoms with Crippen LogP contribution in [0.2, 0.25) is 0 Å². The summed E-state index contributed by atoms with van der Waals surface area (Å²) in [5, 5.41) is 13.8. The second kappa shape index (κ2) is 10.3. The van der Waals surface area contributed by atoms with Crippen LogP contribution in [-0.4, -0.2) is 69.9 Å². The highest BCUT2D eigenvalue weighted by Gasteiger charge is 2.40. The average molecular weight is 524 g/mol. The Labute approximate surface area is 218 Å². The third kappa shape index (κ3) is 4.85. The van der Waals surface area contributed by atoms with E-state index >= 15 is 0 Å². The normalized spacial score (nSPS) is 22.2. The Kier molecular flexibility index (Phi) is 6.87. The minimum Gasteiger partial charge on any atom is -0.497 e. The van der Waals surface area contributed by atoms with Gasteiger partial charge in [0.05, 0.1) is 12.0 Å². The number of piperidine rings is 1. The van der Waals surface area contributed by atoms with E-state index in [1.165, 1.54) is 15.5 Å². The van der Waals surface area contributed by atoms with Crippen molar-refractivity contribution in [3.8, 4) is 5.75 Å². The number of benzene rings is 1. The van der Waals surface area contributed by atoms with Crippen molar-refractivity contribution in [2.45, 2.75) is 44.2 Å². The van der Waals surface area contributed by atoms with Gasteiger partial charge in [-0.05, 0) is 48.9 Å². The predicted octanol–water partition coefficient (Wildman–Crippen LogP) is 1.65. The van der Waals surface area contributed by atoms with Crippen molar-refractivity contribution in [2.75, 3.05) is 26.7 Å². The maximum absolute atomic E-state index is 13.1. The van der Waals surface area contributed by atoms with E-state index in [1.807, 2.05) is 24.3 Å². The van der Waals surface area contributed by atoms with Gasteiger partial charge < -0.3 is 19.5 Å². The molecule has 12 nitrogen and oxygen atoms in total. The lowest BCUT2D eigenvalue weighted by Crippen LogP contribution is -2.49. The Hall–Kier alpha value is -4.22. The molecule has 2 fully saturated rings. The fourth-order valence-electron chi connectivity index (χ4n) is 5.72. The van der Waals surface area contributed by atoms with Crippen LogP contribution >= 0.6 is 0 Å². The number of nitrogens with one attached hydrogen (secondary N) is 1. The summed E-state index contributed by atoms with van der Waals surface area (Å²) in [6.07, 6.45) is 1.63. The first-order valence-corrected chi connectivity index (χ1v) is 12.7. The van der Waals surface area contributed by atoms with E-state index in [1.54, 1.807) is 18.1 Å². The SMILES string of the molecule is COc1ccc(CCN2C(=O)NC(CCC(=O)N3CC4CC(C3)c3ccc([N+](=O)[O-])c(=O)n3C4)C2=O)cc1. The zero-order valence-electron chi connectivity index (χ0n) is 21.0. The molecule has 2 saturated heterocycles. The number of hydrogen-bond acceptors (Lipinski definition) is 7. The van der Waals surface area contributed by atoms with Crippen molar-refractivity contribution in [2.24, 2.45) is 5.92 Å². The van der Waals surface area contributed by atoms with Crippen LogP contribution in [0.5, 0.6) is 5.75 Å². The summed E-state index contributed by atoms with van der Waals surface area (Å²) in [5.41, 5.74) is 0.635. The monoisotopic (exact) mass is 523 g/mol. The Bertz CT molecular complexity index is 1340. The lowest BCUT2D eigenvalue weighted by molar-refractivity contribution is -0.386. The molecule has 1 N–H and O–H groups in total. The number of rotatable bonds is 8. The number of likely N-dealkylation sites (tertiary alicyclic amines) is 1. The molecule has 2 aromatic rings. The summed E-state index contributed by atoms with van der Waals surface area (Å²) >= 11 is 0. The van der Waals surface area contributed by atoms with Gasteiger partial charge in [-0.2, -0.15) is 0 Å². The van der Waals surface area contributed by atoms with Gasteiger partial charge in [0.15, 0.2) is 0 Å². The van der Waals surface area contributed by atoms with Crippen LogP contribution in [0.4, 0.5) is 10.5 Å². The summed E-state index contributed by atoms with van der Waals surface area (Å²) < 4.78 is 6.62. The van der Waals surface area contributed by atoms with Crippen molar-refractivity contribution < 1.29 is 24.0 Å². The Morgan fingerprint density at radius 1 is 1.11 bits per heavy atom. The molecular weight excluding hydrogens is 494 g/mol. The minimum absolute atomic E-state index is 0.0196. The number of carbonyl (C=O) groups excluding carboxylic acids is 3. The molecular formula is C26H29N5O7. The van der Waals surface area contributed by atoms with Crippen molar-refractivity contribution in [3.05, 3.63) is 68.1 Å². The van der Waals surface area contributed by atoms with E-state index in [4.69, 9.17) is 4.74 Å². The van der Waals surface area contributed by atoms with Crippen molar-refractivity contribution >= 4 is 23.5 Å². The summed E-state index contributed by atoms with van der Waals surface area (Å²) in [6, 6.07) is 9.08. The van der Waals surface area contributed by atoms with E-state index in [0.717, 1.165) is 17.7 Å². The van der Waals surface area contributed by atoms with E-state index in [9.17, 15) is 29.3 Å². The number of aromatic nitrogens is 1. The molecule has 12 heteroatoms. The largest absolute Gasteiger partial charge is 0.497 e. The zero-order chi connectivity index (χ0) is 27.0.